The third-order valence-corrected chi connectivity index (χ3v) is 3.58. The van der Waals surface area contributed by atoms with Gasteiger partial charge in [0.25, 0.3) is 0 Å². The van der Waals surface area contributed by atoms with Gasteiger partial charge in [0.15, 0.2) is 0 Å². The lowest BCUT2D eigenvalue weighted by Crippen LogP contribution is -2.06. The average Bonchev–Trinajstić information content (AvgIpc) is 3.01. The van der Waals surface area contributed by atoms with Crippen molar-refractivity contribution in [2.24, 2.45) is 0 Å². The summed E-state index contributed by atoms with van der Waals surface area (Å²) in [6, 6.07) is 15.6. The molecule has 0 aliphatic rings. The molecule has 4 heteroatoms. The second kappa shape index (κ2) is 6.48. The van der Waals surface area contributed by atoms with E-state index in [9.17, 15) is 9.18 Å². The van der Waals surface area contributed by atoms with Crippen LogP contribution in [0.4, 0.5) is 4.39 Å². The molecule has 0 saturated heterocycles. The van der Waals surface area contributed by atoms with Crippen LogP contribution in [0.15, 0.2) is 60.8 Å². The summed E-state index contributed by atoms with van der Waals surface area (Å²) in [5.74, 6) is -0.711. The molecule has 2 aromatic carbocycles. The molecule has 3 aromatic rings. The van der Waals surface area contributed by atoms with Gasteiger partial charge in [-0.2, -0.15) is 0 Å². The molecular formula is C19H16FNO2. The fourth-order valence-electron chi connectivity index (χ4n) is 2.53. The Kier molecular flexibility index (Phi) is 4.24. The number of esters is 1. The zero-order chi connectivity index (χ0) is 16.2. The van der Waals surface area contributed by atoms with Crippen LogP contribution >= 0.6 is 0 Å². The molecule has 0 saturated carbocycles. The van der Waals surface area contributed by atoms with Crippen LogP contribution in [0, 0.1) is 5.82 Å². The van der Waals surface area contributed by atoms with Gasteiger partial charge in [0.1, 0.15) is 5.82 Å². The Morgan fingerprint density at radius 3 is 2.39 bits per heavy atom. The van der Waals surface area contributed by atoms with Crippen molar-refractivity contribution in [1.82, 2.24) is 4.98 Å². The molecule has 0 bridgehead atoms. The maximum Gasteiger partial charge on any atom is 0.340 e. The summed E-state index contributed by atoms with van der Waals surface area (Å²) < 4.78 is 18.4. The van der Waals surface area contributed by atoms with Crippen LogP contribution in [0.3, 0.4) is 0 Å². The monoisotopic (exact) mass is 309 g/mol. The smallest absolute Gasteiger partial charge is 0.340 e. The van der Waals surface area contributed by atoms with E-state index >= 15 is 0 Å². The fraction of sp³-hybridized carbons (Fsp3) is 0.105. The Morgan fingerprint density at radius 2 is 1.74 bits per heavy atom. The van der Waals surface area contributed by atoms with Crippen molar-refractivity contribution < 1.29 is 13.9 Å². The number of aromatic amines is 1. The van der Waals surface area contributed by atoms with Gasteiger partial charge in [0.2, 0.25) is 0 Å². The van der Waals surface area contributed by atoms with Crippen LogP contribution in [-0.4, -0.2) is 17.6 Å². The van der Waals surface area contributed by atoms with E-state index in [0.717, 1.165) is 11.1 Å². The minimum absolute atomic E-state index is 0.293. The van der Waals surface area contributed by atoms with Gasteiger partial charge in [-0.25, -0.2) is 9.18 Å². The summed E-state index contributed by atoms with van der Waals surface area (Å²) in [7, 11) is 0. The number of rotatable bonds is 4. The van der Waals surface area contributed by atoms with Crippen molar-refractivity contribution >= 4 is 5.97 Å². The van der Waals surface area contributed by atoms with Crippen molar-refractivity contribution in [1.29, 1.82) is 0 Å². The number of hydrogen-bond donors (Lipinski definition) is 1. The van der Waals surface area contributed by atoms with Gasteiger partial charge in [0, 0.05) is 11.8 Å². The van der Waals surface area contributed by atoms with E-state index in [1.165, 1.54) is 12.1 Å². The van der Waals surface area contributed by atoms with Crippen LogP contribution in [0.1, 0.15) is 17.3 Å². The lowest BCUT2D eigenvalue weighted by Gasteiger charge is -2.07. The second-order valence-corrected chi connectivity index (χ2v) is 5.05. The highest BCUT2D eigenvalue weighted by molar-refractivity contribution is 6.03. The predicted molar refractivity (Wildman–Crippen MR) is 87.6 cm³/mol. The highest BCUT2D eigenvalue weighted by Crippen LogP contribution is 2.32. The molecule has 1 heterocycles. The van der Waals surface area contributed by atoms with Gasteiger partial charge in [-0.15, -0.1) is 0 Å². The van der Waals surface area contributed by atoms with Crippen molar-refractivity contribution in [3.63, 3.8) is 0 Å². The van der Waals surface area contributed by atoms with Crippen molar-refractivity contribution in [3.8, 4) is 22.4 Å². The van der Waals surface area contributed by atoms with E-state index in [1.54, 1.807) is 25.3 Å². The number of nitrogens with one attached hydrogen (secondary N) is 1. The number of aromatic nitrogens is 1. The Bertz CT molecular complexity index is 807. The number of hydrogen-bond acceptors (Lipinski definition) is 2. The van der Waals surface area contributed by atoms with Crippen molar-refractivity contribution in [3.05, 3.63) is 72.2 Å². The first-order valence-corrected chi connectivity index (χ1v) is 7.40. The molecule has 0 atom stereocenters. The number of H-pyrrole nitrogens is 1. The summed E-state index contributed by atoms with van der Waals surface area (Å²) in [6.45, 7) is 2.06. The Hall–Kier alpha value is -2.88. The maximum absolute atomic E-state index is 13.2. The van der Waals surface area contributed by atoms with Crippen molar-refractivity contribution in [2.45, 2.75) is 6.92 Å². The van der Waals surface area contributed by atoms with Crippen LogP contribution < -0.4 is 0 Å². The lowest BCUT2D eigenvalue weighted by molar-refractivity contribution is 0.0528. The van der Waals surface area contributed by atoms with Crippen molar-refractivity contribution in [2.75, 3.05) is 6.61 Å². The summed E-state index contributed by atoms with van der Waals surface area (Å²) in [4.78, 5) is 15.6. The van der Waals surface area contributed by atoms with E-state index in [2.05, 4.69) is 4.98 Å². The van der Waals surface area contributed by atoms with E-state index in [1.807, 2.05) is 30.3 Å². The normalized spacial score (nSPS) is 10.5. The second-order valence-electron chi connectivity index (χ2n) is 5.05. The largest absolute Gasteiger partial charge is 0.462 e. The van der Waals surface area contributed by atoms with Crippen LogP contribution in [0.5, 0.6) is 0 Å². The maximum atomic E-state index is 13.2. The summed E-state index contributed by atoms with van der Waals surface area (Å²) in [5.41, 5.74) is 3.51. The van der Waals surface area contributed by atoms with Crippen LogP contribution in [-0.2, 0) is 4.74 Å². The van der Waals surface area contributed by atoms with E-state index in [-0.39, 0.29) is 5.82 Å². The average molecular weight is 309 g/mol. The highest BCUT2D eigenvalue weighted by atomic mass is 19.1. The minimum atomic E-state index is -0.396. The summed E-state index contributed by atoms with van der Waals surface area (Å²) >= 11 is 0. The van der Waals surface area contributed by atoms with Crippen LogP contribution in [0.2, 0.25) is 0 Å². The van der Waals surface area contributed by atoms with E-state index < -0.39 is 5.97 Å². The summed E-state index contributed by atoms with van der Waals surface area (Å²) in [6.07, 6.45) is 1.75. The molecule has 3 nitrogen and oxygen atoms in total. The zero-order valence-corrected chi connectivity index (χ0v) is 12.7. The Labute approximate surface area is 133 Å². The van der Waals surface area contributed by atoms with Gasteiger partial charge in [0.05, 0.1) is 17.9 Å². The van der Waals surface area contributed by atoms with Gasteiger partial charge >= 0.3 is 5.97 Å². The first-order valence-electron chi connectivity index (χ1n) is 7.40. The third kappa shape index (κ3) is 3.01. The molecule has 1 aromatic heterocycles. The SMILES string of the molecule is CCOC(=O)c1c(-c2ccc(F)cc2)c[nH]c1-c1ccccc1. The molecule has 0 spiro atoms. The number of ether oxygens (including phenoxy) is 1. The molecule has 23 heavy (non-hydrogen) atoms. The lowest BCUT2D eigenvalue weighted by atomic mass is 10.00. The Morgan fingerprint density at radius 1 is 1.04 bits per heavy atom. The predicted octanol–water partition coefficient (Wildman–Crippen LogP) is 4.66. The van der Waals surface area contributed by atoms with Gasteiger partial charge in [-0.1, -0.05) is 42.5 Å². The summed E-state index contributed by atoms with van der Waals surface area (Å²) in [5, 5.41) is 0. The topological polar surface area (TPSA) is 42.1 Å². The zero-order valence-electron chi connectivity index (χ0n) is 12.7. The number of carbonyl (C=O) groups excluding carboxylic acids is 1. The molecule has 0 unspecified atom stereocenters. The molecule has 116 valence electrons. The molecule has 0 aliphatic heterocycles. The fourth-order valence-corrected chi connectivity index (χ4v) is 2.53. The highest BCUT2D eigenvalue weighted by Gasteiger charge is 2.21. The number of halogens is 1. The molecular weight excluding hydrogens is 293 g/mol. The van der Waals surface area contributed by atoms with Crippen LogP contribution in [0.25, 0.3) is 22.4 Å². The van der Waals surface area contributed by atoms with Gasteiger partial charge in [-0.3, -0.25) is 0 Å². The van der Waals surface area contributed by atoms with E-state index in [4.69, 9.17) is 4.74 Å². The molecule has 0 aliphatic carbocycles. The third-order valence-electron chi connectivity index (χ3n) is 3.58. The number of carbonyl (C=O) groups is 1. The number of benzene rings is 2. The van der Waals surface area contributed by atoms with E-state index in [0.29, 0.717) is 23.4 Å². The minimum Gasteiger partial charge on any atom is -0.462 e. The quantitative estimate of drug-likeness (QED) is 0.712. The first-order chi connectivity index (χ1) is 11.2. The first kappa shape index (κ1) is 15.0. The molecule has 0 fully saturated rings. The van der Waals surface area contributed by atoms with Gasteiger partial charge < -0.3 is 9.72 Å². The molecule has 1 N–H and O–H groups in total. The molecule has 0 radical (unpaired) electrons. The molecule has 0 amide bonds. The molecule has 3 rings (SSSR count). The standard InChI is InChI=1S/C19H16FNO2/c1-2-23-19(22)17-16(13-8-10-15(20)11-9-13)12-21-18(17)14-6-4-3-5-7-14/h3-12,21H,2H2,1H3. The Balaban J connectivity index is 2.15. The van der Waals surface area contributed by atoms with Gasteiger partial charge in [-0.05, 0) is 30.2 Å².